The van der Waals surface area contributed by atoms with Crippen LogP contribution in [0.15, 0.2) is 30.3 Å². The van der Waals surface area contributed by atoms with Crippen LogP contribution >= 0.6 is 12.4 Å². The summed E-state index contributed by atoms with van der Waals surface area (Å²) in [4.78, 5) is 0. The summed E-state index contributed by atoms with van der Waals surface area (Å²) in [6.45, 7) is -0.248. The molecule has 1 saturated carbocycles. The highest BCUT2D eigenvalue weighted by Gasteiger charge is 2.43. The van der Waals surface area contributed by atoms with E-state index in [4.69, 9.17) is 5.73 Å². The Labute approximate surface area is 96.3 Å². The van der Waals surface area contributed by atoms with Crippen LogP contribution in [0.4, 0.5) is 4.39 Å². The van der Waals surface area contributed by atoms with Crippen LogP contribution in [-0.2, 0) is 5.41 Å². The van der Waals surface area contributed by atoms with Gasteiger partial charge in [0.1, 0.15) is 0 Å². The van der Waals surface area contributed by atoms with Gasteiger partial charge >= 0.3 is 0 Å². The molecule has 1 aromatic carbocycles. The zero-order chi connectivity index (χ0) is 10.0. The lowest BCUT2D eigenvalue weighted by Gasteiger charge is -2.46. The van der Waals surface area contributed by atoms with Crippen LogP contribution in [0, 0.1) is 0 Å². The van der Waals surface area contributed by atoms with Crippen LogP contribution in [0.5, 0.6) is 0 Å². The van der Waals surface area contributed by atoms with Gasteiger partial charge in [-0.25, -0.2) is 0 Å². The molecule has 0 aliphatic heterocycles. The van der Waals surface area contributed by atoms with Gasteiger partial charge in [0, 0.05) is 11.5 Å². The topological polar surface area (TPSA) is 26.0 Å². The van der Waals surface area contributed by atoms with Gasteiger partial charge in [-0.2, -0.15) is 0 Å². The van der Waals surface area contributed by atoms with Crippen LogP contribution in [0.1, 0.15) is 24.8 Å². The fraction of sp³-hybridized carbons (Fsp3) is 0.500. The van der Waals surface area contributed by atoms with Crippen molar-refractivity contribution in [1.29, 1.82) is 0 Å². The molecule has 1 aromatic rings. The second-order valence-corrected chi connectivity index (χ2v) is 4.25. The van der Waals surface area contributed by atoms with E-state index in [1.165, 1.54) is 5.56 Å². The summed E-state index contributed by atoms with van der Waals surface area (Å²) in [7, 11) is 0. The van der Waals surface area contributed by atoms with Crippen molar-refractivity contribution in [3.05, 3.63) is 35.9 Å². The Morgan fingerprint density at radius 1 is 1.27 bits per heavy atom. The summed E-state index contributed by atoms with van der Waals surface area (Å²) in [5.41, 5.74) is 7.09. The Morgan fingerprint density at radius 2 is 1.87 bits per heavy atom. The van der Waals surface area contributed by atoms with Crippen LogP contribution in [0.2, 0.25) is 0 Å². The van der Waals surface area contributed by atoms with Crippen molar-refractivity contribution in [3.8, 4) is 0 Å². The van der Waals surface area contributed by atoms with Crippen LogP contribution in [0.25, 0.3) is 0 Å². The normalized spacial score (nSPS) is 29.1. The van der Waals surface area contributed by atoms with E-state index in [1.54, 1.807) is 0 Å². The molecular formula is C12H17ClFN. The molecule has 0 heterocycles. The standard InChI is InChI=1S/C12H16FN.ClH/c13-7-6-12(8-11(14)9-12)10-4-2-1-3-5-10;/h1-5,11H,6-9,14H2;1H. The number of hydrogen-bond donors (Lipinski definition) is 1. The molecule has 0 bridgehead atoms. The molecule has 0 spiro atoms. The third-order valence-corrected chi connectivity index (χ3v) is 3.27. The molecule has 84 valence electrons. The SMILES string of the molecule is Cl.NC1CC(CCF)(c2ccccc2)C1. The number of alkyl halides is 1. The lowest BCUT2D eigenvalue weighted by molar-refractivity contribution is 0.173. The Morgan fingerprint density at radius 3 is 2.33 bits per heavy atom. The minimum atomic E-state index is -0.248. The average molecular weight is 230 g/mol. The summed E-state index contributed by atoms with van der Waals surface area (Å²) in [5.74, 6) is 0. The van der Waals surface area contributed by atoms with E-state index in [1.807, 2.05) is 18.2 Å². The molecule has 3 heteroatoms. The number of nitrogens with two attached hydrogens (primary N) is 1. The Balaban J connectivity index is 0.00000112. The molecule has 0 aromatic heterocycles. The Bertz CT molecular complexity index is 290. The number of rotatable bonds is 3. The number of benzene rings is 1. The molecular weight excluding hydrogens is 213 g/mol. The lowest BCUT2D eigenvalue weighted by atomic mass is 9.60. The van der Waals surface area contributed by atoms with Crippen molar-refractivity contribution in [2.75, 3.05) is 6.67 Å². The van der Waals surface area contributed by atoms with Crippen LogP contribution in [0.3, 0.4) is 0 Å². The third-order valence-electron chi connectivity index (χ3n) is 3.27. The fourth-order valence-corrected chi connectivity index (χ4v) is 2.50. The minimum Gasteiger partial charge on any atom is -0.328 e. The van der Waals surface area contributed by atoms with E-state index < -0.39 is 0 Å². The molecule has 2 N–H and O–H groups in total. The van der Waals surface area contributed by atoms with E-state index in [2.05, 4.69) is 12.1 Å². The summed E-state index contributed by atoms with van der Waals surface area (Å²) >= 11 is 0. The second kappa shape index (κ2) is 4.95. The zero-order valence-electron chi connectivity index (χ0n) is 8.66. The molecule has 2 rings (SSSR count). The highest BCUT2D eigenvalue weighted by Crippen LogP contribution is 2.45. The molecule has 0 unspecified atom stereocenters. The summed E-state index contributed by atoms with van der Waals surface area (Å²) in [6, 6.07) is 10.5. The van der Waals surface area contributed by atoms with Crippen molar-refractivity contribution in [2.24, 2.45) is 5.73 Å². The quantitative estimate of drug-likeness (QED) is 0.848. The summed E-state index contributed by atoms with van der Waals surface area (Å²) < 4.78 is 12.5. The molecule has 15 heavy (non-hydrogen) atoms. The monoisotopic (exact) mass is 229 g/mol. The van der Waals surface area contributed by atoms with Crippen molar-refractivity contribution in [2.45, 2.75) is 30.7 Å². The van der Waals surface area contributed by atoms with Crippen molar-refractivity contribution < 1.29 is 4.39 Å². The fourth-order valence-electron chi connectivity index (χ4n) is 2.50. The molecule has 1 nitrogen and oxygen atoms in total. The maximum Gasteiger partial charge on any atom is 0.0903 e. The smallest absolute Gasteiger partial charge is 0.0903 e. The molecule has 0 amide bonds. The van der Waals surface area contributed by atoms with Crippen molar-refractivity contribution >= 4 is 12.4 Å². The first-order chi connectivity index (χ1) is 6.77. The van der Waals surface area contributed by atoms with E-state index >= 15 is 0 Å². The van der Waals surface area contributed by atoms with Crippen molar-refractivity contribution in [3.63, 3.8) is 0 Å². The van der Waals surface area contributed by atoms with Gasteiger partial charge in [-0.05, 0) is 24.8 Å². The summed E-state index contributed by atoms with van der Waals surface area (Å²) in [6.07, 6.45) is 2.48. The van der Waals surface area contributed by atoms with Gasteiger partial charge < -0.3 is 5.73 Å². The van der Waals surface area contributed by atoms with Gasteiger partial charge in [0.15, 0.2) is 0 Å². The highest BCUT2D eigenvalue weighted by atomic mass is 35.5. The predicted molar refractivity (Wildman–Crippen MR) is 63.2 cm³/mol. The zero-order valence-corrected chi connectivity index (χ0v) is 9.47. The van der Waals surface area contributed by atoms with Crippen LogP contribution in [-0.4, -0.2) is 12.7 Å². The van der Waals surface area contributed by atoms with Gasteiger partial charge in [-0.1, -0.05) is 30.3 Å². The van der Waals surface area contributed by atoms with Gasteiger partial charge in [-0.3, -0.25) is 4.39 Å². The molecule has 0 atom stereocenters. The third kappa shape index (κ3) is 2.32. The van der Waals surface area contributed by atoms with Gasteiger partial charge in [-0.15, -0.1) is 12.4 Å². The highest BCUT2D eigenvalue weighted by molar-refractivity contribution is 5.85. The van der Waals surface area contributed by atoms with Crippen molar-refractivity contribution in [1.82, 2.24) is 0 Å². The molecule has 1 fully saturated rings. The summed E-state index contributed by atoms with van der Waals surface area (Å²) in [5, 5.41) is 0. The molecule has 1 aliphatic carbocycles. The number of halogens is 2. The largest absolute Gasteiger partial charge is 0.328 e. The van der Waals surface area contributed by atoms with E-state index in [-0.39, 0.29) is 30.5 Å². The van der Waals surface area contributed by atoms with E-state index in [0.29, 0.717) is 6.42 Å². The van der Waals surface area contributed by atoms with E-state index in [9.17, 15) is 4.39 Å². The average Bonchev–Trinajstić information content (AvgIpc) is 2.17. The minimum absolute atomic E-state index is 0. The Hall–Kier alpha value is -0.600. The maximum atomic E-state index is 12.5. The lowest BCUT2D eigenvalue weighted by Crippen LogP contribution is -2.49. The molecule has 0 radical (unpaired) electrons. The Kier molecular flexibility index (Phi) is 4.12. The predicted octanol–water partition coefficient (Wildman–Crippen LogP) is 2.83. The van der Waals surface area contributed by atoms with Gasteiger partial charge in [0.25, 0.3) is 0 Å². The first-order valence-corrected chi connectivity index (χ1v) is 5.14. The first-order valence-electron chi connectivity index (χ1n) is 5.14. The first kappa shape index (κ1) is 12.5. The van der Waals surface area contributed by atoms with Gasteiger partial charge in [0.2, 0.25) is 0 Å². The number of hydrogen-bond acceptors (Lipinski definition) is 1. The van der Waals surface area contributed by atoms with Gasteiger partial charge in [0.05, 0.1) is 6.67 Å². The second-order valence-electron chi connectivity index (χ2n) is 4.25. The van der Waals surface area contributed by atoms with E-state index in [0.717, 1.165) is 12.8 Å². The maximum absolute atomic E-state index is 12.5. The van der Waals surface area contributed by atoms with Crippen LogP contribution < -0.4 is 5.73 Å². The molecule has 1 aliphatic rings. The molecule has 0 saturated heterocycles.